The Bertz CT molecular complexity index is 1380. The third-order valence-electron chi connectivity index (χ3n) is 7.57. The molecule has 0 atom stereocenters. The monoisotopic (exact) mass is 610 g/mol. The molecule has 1 amide bonds. The Balaban J connectivity index is 0.991. The van der Waals surface area contributed by atoms with Crippen LogP contribution < -0.4 is 19.7 Å². The number of nitrogens with one attached hydrogen (secondary N) is 1. The van der Waals surface area contributed by atoms with Crippen LogP contribution in [0.4, 0.5) is 5.82 Å². The summed E-state index contributed by atoms with van der Waals surface area (Å²) in [7, 11) is 0. The smallest absolute Gasteiger partial charge is 0.251 e. The van der Waals surface area contributed by atoms with E-state index in [0.29, 0.717) is 35.0 Å². The topological polar surface area (TPSA) is 92.3 Å². The normalized spacial score (nSPS) is 17.4. The first kappa shape index (κ1) is 29.0. The molecule has 0 saturated carbocycles. The number of anilines is 1. The summed E-state index contributed by atoms with van der Waals surface area (Å²) in [5.41, 5.74) is 2.90. The molecule has 12 heteroatoms. The predicted molar refractivity (Wildman–Crippen MR) is 163 cm³/mol. The Morgan fingerprint density at radius 1 is 0.905 bits per heavy atom. The first-order valence-corrected chi connectivity index (χ1v) is 15.7. The second-order valence-corrected chi connectivity index (χ2v) is 11.8. The van der Waals surface area contributed by atoms with Crippen LogP contribution in [-0.4, -0.2) is 98.0 Å². The van der Waals surface area contributed by atoms with Gasteiger partial charge in [-0.05, 0) is 35.4 Å². The Morgan fingerprint density at radius 2 is 1.74 bits per heavy atom. The number of carbonyl (C=O) groups excluding carboxylic acids is 1. The molecular weight excluding hydrogens is 576 g/mol. The first-order chi connectivity index (χ1) is 20.6. The molecule has 6 rings (SSSR count). The van der Waals surface area contributed by atoms with Gasteiger partial charge in [-0.1, -0.05) is 41.6 Å². The number of hydrogen-bond donors (Lipinski definition) is 1. The first-order valence-electron chi connectivity index (χ1n) is 14.3. The van der Waals surface area contributed by atoms with Gasteiger partial charge in [0.25, 0.3) is 5.91 Å². The molecule has 0 radical (unpaired) electrons. The Labute approximate surface area is 255 Å². The molecule has 10 nitrogen and oxygen atoms in total. The molecular formula is C30H35ClN6O4S. The number of nitrogens with zero attached hydrogens (tertiary/aromatic N) is 5. The lowest BCUT2D eigenvalue weighted by Gasteiger charge is -2.35. The minimum atomic E-state index is -0.0610. The maximum Gasteiger partial charge on any atom is 0.251 e. The molecule has 1 N–H and O–H groups in total. The quantitative estimate of drug-likeness (QED) is 0.209. The predicted octanol–water partition coefficient (Wildman–Crippen LogP) is 3.54. The summed E-state index contributed by atoms with van der Waals surface area (Å²) in [5, 5.41) is 4.09. The molecule has 3 aliphatic heterocycles. The van der Waals surface area contributed by atoms with E-state index in [0.717, 1.165) is 88.5 Å². The zero-order valence-electron chi connectivity index (χ0n) is 23.5. The van der Waals surface area contributed by atoms with E-state index in [1.807, 2.05) is 36.4 Å². The highest BCUT2D eigenvalue weighted by atomic mass is 35.5. The molecule has 3 aromatic rings. The summed E-state index contributed by atoms with van der Waals surface area (Å²) in [6, 6.07) is 15.7. The standard InChI is InChI=1S/C30H35ClN6O4S/c31-27-18-28(37-10-8-36(9-11-37)19-22-4-5-25-26(17-22)41-21-40-25)34-30(33-27)42-20-23-2-1-3-24(16-23)29(38)32-6-7-35-12-14-39-15-13-35/h1-5,16-18H,6-15,19-21H2,(H,32,38). The lowest BCUT2D eigenvalue weighted by molar-refractivity contribution is 0.0383. The number of hydrogen-bond acceptors (Lipinski definition) is 10. The van der Waals surface area contributed by atoms with Crippen molar-refractivity contribution in [2.45, 2.75) is 17.5 Å². The molecule has 0 spiro atoms. The second kappa shape index (κ2) is 13.9. The minimum Gasteiger partial charge on any atom is -0.454 e. The van der Waals surface area contributed by atoms with Gasteiger partial charge in [-0.3, -0.25) is 14.6 Å². The van der Waals surface area contributed by atoms with Crippen molar-refractivity contribution in [1.29, 1.82) is 0 Å². The highest BCUT2D eigenvalue weighted by molar-refractivity contribution is 7.98. The Kier molecular flexibility index (Phi) is 9.61. The zero-order valence-corrected chi connectivity index (χ0v) is 25.0. The van der Waals surface area contributed by atoms with E-state index in [2.05, 4.69) is 37.1 Å². The van der Waals surface area contributed by atoms with Crippen molar-refractivity contribution in [1.82, 2.24) is 25.1 Å². The van der Waals surface area contributed by atoms with Crippen LogP contribution in [0.2, 0.25) is 5.15 Å². The average Bonchev–Trinajstić information content (AvgIpc) is 3.49. The summed E-state index contributed by atoms with van der Waals surface area (Å²) in [6.45, 7) is 9.46. The molecule has 4 heterocycles. The van der Waals surface area contributed by atoms with Gasteiger partial charge in [-0.15, -0.1) is 0 Å². The number of amides is 1. The van der Waals surface area contributed by atoms with Crippen LogP contribution in [0.15, 0.2) is 53.7 Å². The number of ether oxygens (including phenoxy) is 3. The van der Waals surface area contributed by atoms with Crippen LogP contribution in [0.5, 0.6) is 11.5 Å². The number of thioether (sulfide) groups is 1. The van der Waals surface area contributed by atoms with E-state index < -0.39 is 0 Å². The van der Waals surface area contributed by atoms with Crippen molar-refractivity contribution in [3.63, 3.8) is 0 Å². The molecule has 2 saturated heterocycles. The molecule has 3 aliphatic rings. The van der Waals surface area contributed by atoms with Gasteiger partial charge < -0.3 is 24.4 Å². The van der Waals surface area contributed by atoms with Crippen LogP contribution in [0.25, 0.3) is 0 Å². The largest absolute Gasteiger partial charge is 0.454 e. The number of benzene rings is 2. The summed E-state index contributed by atoms with van der Waals surface area (Å²) in [6.07, 6.45) is 0. The van der Waals surface area contributed by atoms with Crippen molar-refractivity contribution >= 4 is 35.1 Å². The molecule has 0 unspecified atom stereocenters. The number of rotatable bonds is 10. The van der Waals surface area contributed by atoms with Crippen LogP contribution in [0, 0.1) is 0 Å². The van der Waals surface area contributed by atoms with Crippen LogP contribution in [0.1, 0.15) is 21.5 Å². The van der Waals surface area contributed by atoms with Gasteiger partial charge in [0, 0.05) is 76.3 Å². The lowest BCUT2D eigenvalue weighted by atomic mass is 10.1. The number of morpholine rings is 1. The van der Waals surface area contributed by atoms with E-state index in [9.17, 15) is 4.79 Å². The van der Waals surface area contributed by atoms with Crippen molar-refractivity contribution < 1.29 is 19.0 Å². The highest BCUT2D eigenvalue weighted by Crippen LogP contribution is 2.33. The van der Waals surface area contributed by atoms with Crippen molar-refractivity contribution in [3.8, 4) is 11.5 Å². The fourth-order valence-electron chi connectivity index (χ4n) is 5.25. The van der Waals surface area contributed by atoms with Gasteiger partial charge in [0.05, 0.1) is 13.2 Å². The molecule has 2 aromatic carbocycles. The van der Waals surface area contributed by atoms with Gasteiger partial charge in [0.1, 0.15) is 11.0 Å². The summed E-state index contributed by atoms with van der Waals surface area (Å²) < 4.78 is 16.3. The number of fused-ring (bicyclic) bond motifs is 1. The van der Waals surface area contributed by atoms with Gasteiger partial charge >= 0.3 is 0 Å². The number of piperazine rings is 1. The fourth-order valence-corrected chi connectivity index (χ4v) is 6.27. The minimum absolute atomic E-state index is 0.0610. The summed E-state index contributed by atoms with van der Waals surface area (Å²) in [5.74, 6) is 3.05. The third kappa shape index (κ3) is 7.64. The maximum absolute atomic E-state index is 12.7. The van der Waals surface area contributed by atoms with E-state index in [4.69, 9.17) is 30.8 Å². The number of carbonyl (C=O) groups is 1. The molecule has 0 bridgehead atoms. The van der Waals surface area contributed by atoms with Gasteiger partial charge in [0.15, 0.2) is 16.7 Å². The molecule has 1 aromatic heterocycles. The van der Waals surface area contributed by atoms with Crippen LogP contribution in [-0.2, 0) is 17.0 Å². The zero-order chi connectivity index (χ0) is 28.7. The number of halogens is 1. The average molecular weight is 611 g/mol. The molecule has 0 aliphatic carbocycles. The summed E-state index contributed by atoms with van der Waals surface area (Å²) >= 11 is 7.94. The van der Waals surface area contributed by atoms with Crippen molar-refractivity contribution in [2.24, 2.45) is 0 Å². The fraction of sp³-hybridized carbons (Fsp3) is 0.433. The SMILES string of the molecule is O=C(NCCN1CCOCC1)c1cccc(CSc2nc(Cl)cc(N3CCN(Cc4ccc5c(c4)OCO5)CC3)n2)c1. The van der Waals surface area contributed by atoms with E-state index in [1.54, 1.807) is 0 Å². The lowest BCUT2D eigenvalue weighted by Crippen LogP contribution is -2.46. The maximum atomic E-state index is 12.7. The van der Waals surface area contributed by atoms with Crippen LogP contribution >= 0.6 is 23.4 Å². The van der Waals surface area contributed by atoms with Gasteiger partial charge in [-0.25, -0.2) is 9.97 Å². The third-order valence-corrected chi connectivity index (χ3v) is 8.69. The van der Waals surface area contributed by atoms with Crippen molar-refractivity contribution in [2.75, 3.05) is 77.3 Å². The van der Waals surface area contributed by atoms with E-state index >= 15 is 0 Å². The molecule has 2 fully saturated rings. The Hall–Kier alpha value is -3.09. The van der Waals surface area contributed by atoms with Gasteiger partial charge in [0.2, 0.25) is 6.79 Å². The van der Waals surface area contributed by atoms with E-state index in [-0.39, 0.29) is 5.91 Å². The summed E-state index contributed by atoms with van der Waals surface area (Å²) in [4.78, 5) is 29.0. The second-order valence-electron chi connectivity index (χ2n) is 10.5. The van der Waals surface area contributed by atoms with E-state index in [1.165, 1.54) is 17.3 Å². The van der Waals surface area contributed by atoms with Crippen LogP contribution in [0.3, 0.4) is 0 Å². The molecule has 222 valence electrons. The highest BCUT2D eigenvalue weighted by Gasteiger charge is 2.21. The number of aromatic nitrogens is 2. The van der Waals surface area contributed by atoms with Crippen molar-refractivity contribution in [3.05, 3.63) is 70.4 Å². The van der Waals surface area contributed by atoms with Gasteiger partial charge in [-0.2, -0.15) is 0 Å². The molecule has 42 heavy (non-hydrogen) atoms. The Morgan fingerprint density at radius 3 is 2.60 bits per heavy atom.